The first-order valence-corrected chi connectivity index (χ1v) is 7.50. The summed E-state index contributed by atoms with van der Waals surface area (Å²) in [6.45, 7) is 0. The van der Waals surface area contributed by atoms with Crippen molar-refractivity contribution in [2.75, 3.05) is 28.4 Å². The summed E-state index contributed by atoms with van der Waals surface area (Å²) in [5.41, 5.74) is 1.19. The molecule has 0 bridgehead atoms. The zero-order chi connectivity index (χ0) is 17.8. The molecule has 3 rings (SSSR count). The van der Waals surface area contributed by atoms with Crippen molar-refractivity contribution in [3.05, 3.63) is 36.4 Å². The van der Waals surface area contributed by atoms with E-state index < -0.39 is 0 Å². The van der Waals surface area contributed by atoms with Crippen molar-refractivity contribution in [3.63, 3.8) is 0 Å². The Balaban J connectivity index is 2.15. The first kappa shape index (κ1) is 16.6. The molecule has 0 fully saturated rings. The molecule has 0 aliphatic heterocycles. The van der Waals surface area contributed by atoms with Crippen LogP contribution in [-0.4, -0.2) is 38.6 Å². The topological polar surface area (TPSA) is 75.8 Å². The van der Waals surface area contributed by atoms with Crippen LogP contribution in [0.1, 0.15) is 0 Å². The summed E-state index contributed by atoms with van der Waals surface area (Å²) in [5, 5.41) is 4.07. The molecular weight excluding hydrogens is 324 g/mol. The second-order valence-electron chi connectivity index (χ2n) is 5.00. The quantitative estimate of drug-likeness (QED) is 0.679. The summed E-state index contributed by atoms with van der Waals surface area (Å²) in [5.74, 6) is 2.93. The number of ether oxygens (including phenoxy) is 4. The smallest absolute Gasteiger partial charge is 0.265 e. The van der Waals surface area contributed by atoms with Gasteiger partial charge in [-0.05, 0) is 24.3 Å². The number of rotatable bonds is 6. The van der Waals surface area contributed by atoms with E-state index in [0.717, 1.165) is 0 Å². The number of hydrogen-bond acceptors (Lipinski definition) is 7. The van der Waals surface area contributed by atoms with Crippen molar-refractivity contribution in [2.24, 2.45) is 0 Å². The van der Waals surface area contributed by atoms with E-state index >= 15 is 0 Å². The maximum atomic E-state index is 5.46. The molecule has 0 saturated heterocycles. The first-order chi connectivity index (χ1) is 12.2. The number of benzene rings is 2. The predicted molar refractivity (Wildman–Crippen MR) is 91.4 cm³/mol. The van der Waals surface area contributed by atoms with Gasteiger partial charge in [-0.2, -0.15) is 4.98 Å². The lowest BCUT2D eigenvalue weighted by Crippen LogP contribution is -1.95. The van der Waals surface area contributed by atoms with Crippen LogP contribution in [-0.2, 0) is 0 Å². The Kier molecular flexibility index (Phi) is 4.74. The van der Waals surface area contributed by atoms with Gasteiger partial charge in [-0.25, -0.2) is 0 Å². The van der Waals surface area contributed by atoms with Crippen LogP contribution in [0.2, 0.25) is 0 Å². The molecule has 0 saturated carbocycles. The lowest BCUT2D eigenvalue weighted by molar-refractivity contribution is 0.384. The third-order valence-corrected chi connectivity index (χ3v) is 3.72. The summed E-state index contributed by atoms with van der Waals surface area (Å²) >= 11 is 0. The Bertz CT molecular complexity index is 761. The minimum Gasteiger partial charge on any atom is -0.496 e. The summed E-state index contributed by atoms with van der Waals surface area (Å²) in [6, 6.07) is 10.8. The summed E-state index contributed by atoms with van der Waals surface area (Å²) < 4.78 is 27.0. The van der Waals surface area contributed by atoms with E-state index in [1.165, 1.54) is 0 Å². The number of hydrogen-bond donors (Lipinski definition) is 0. The maximum Gasteiger partial charge on any atom is 0.265 e. The van der Waals surface area contributed by atoms with Crippen molar-refractivity contribution in [1.82, 2.24) is 10.1 Å². The van der Waals surface area contributed by atoms with Gasteiger partial charge in [0.05, 0.1) is 28.4 Å². The average Bonchev–Trinajstić information content (AvgIpc) is 3.15. The lowest BCUT2D eigenvalue weighted by atomic mass is 10.1. The molecule has 3 aromatic rings. The molecule has 7 heteroatoms. The second-order valence-corrected chi connectivity index (χ2v) is 5.00. The molecule has 0 N–H and O–H groups in total. The van der Waals surface area contributed by atoms with E-state index in [1.54, 1.807) is 52.7 Å². The summed E-state index contributed by atoms with van der Waals surface area (Å²) in [6.07, 6.45) is 0. The van der Waals surface area contributed by atoms with Crippen LogP contribution in [0, 0.1) is 0 Å². The van der Waals surface area contributed by atoms with Crippen molar-refractivity contribution < 1.29 is 23.5 Å². The van der Waals surface area contributed by atoms with Gasteiger partial charge in [-0.1, -0.05) is 17.3 Å². The fraction of sp³-hybridized carbons (Fsp3) is 0.222. The normalized spacial score (nSPS) is 10.4. The van der Waals surface area contributed by atoms with Gasteiger partial charge in [0.1, 0.15) is 34.1 Å². The SMILES string of the molecule is COc1cccc(OC)c1-c1noc(-c2c(OC)cccc2OC)n1. The molecule has 7 nitrogen and oxygen atoms in total. The first-order valence-electron chi connectivity index (χ1n) is 7.50. The minimum absolute atomic E-state index is 0.275. The second kappa shape index (κ2) is 7.12. The van der Waals surface area contributed by atoms with E-state index in [0.29, 0.717) is 39.9 Å². The highest BCUT2D eigenvalue weighted by atomic mass is 16.5. The van der Waals surface area contributed by atoms with Crippen molar-refractivity contribution in [3.8, 4) is 45.8 Å². The highest BCUT2D eigenvalue weighted by Crippen LogP contribution is 2.41. The van der Waals surface area contributed by atoms with Crippen molar-refractivity contribution >= 4 is 0 Å². The number of nitrogens with zero attached hydrogens (tertiary/aromatic N) is 2. The third-order valence-electron chi connectivity index (χ3n) is 3.72. The zero-order valence-electron chi connectivity index (χ0n) is 14.4. The van der Waals surface area contributed by atoms with Gasteiger partial charge in [0.2, 0.25) is 5.82 Å². The molecule has 130 valence electrons. The van der Waals surface area contributed by atoms with Gasteiger partial charge in [0.15, 0.2) is 0 Å². The average molecular weight is 342 g/mol. The van der Waals surface area contributed by atoms with Crippen LogP contribution in [0.4, 0.5) is 0 Å². The van der Waals surface area contributed by atoms with E-state index in [-0.39, 0.29) is 5.89 Å². The van der Waals surface area contributed by atoms with Crippen LogP contribution in [0.5, 0.6) is 23.0 Å². The lowest BCUT2D eigenvalue weighted by Gasteiger charge is -2.10. The van der Waals surface area contributed by atoms with E-state index in [1.807, 2.05) is 12.1 Å². The molecule has 0 spiro atoms. The summed E-state index contributed by atoms with van der Waals surface area (Å²) in [4.78, 5) is 4.49. The molecule has 0 unspecified atom stereocenters. The highest BCUT2D eigenvalue weighted by Gasteiger charge is 2.23. The minimum atomic E-state index is 0.275. The molecule has 1 heterocycles. The van der Waals surface area contributed by atoms with Crippen LogP contribution >= 0.6 is 0 Å². The van der Waals surface area contributed by atoms with Gasteiger partial charge in [0, 0.05) is 0 Å². The Morgan fingerprint density at radius 1 is 0.680 bits per heavy atom. The van der Waals surface area contributed by atoms with Crippen LogP contribution < -0.4 is 18.9 Å². The van der Waals surface area contributed by atoms with Crippen LogP contribution in [0.15, 0.2) is 40.9 Å². The Morgan fingerprint density at radius 2 is 1.12 bits per heavy atom. The van der Waals surface area contributed by atoms with Crippen LogP contribution in [0.3, 0.4) is 0 Å². The molecule has 1 aromatic heterocycles. The molecule has 0 aliphatic carbocycles. The van der Waals surface area contributed by atoms with Gasteiger partial charge < -0.3 is 23.5 Å². The number of aromatic nitrogens is 2. The van der Waals surface area contributed by atoms with E-state index in [4.69, 9.17) is 23.5 Å². The zero-order valence-corrected chi connectivity index (χ0v) is 14.4. The largest absolute Gasteiger partial charge is 0.496 e. The van der Waals surface area contributed by atoms with E-state index in [9.17, 15) is 0 Å². The fourth-order valence-electron chi connectivity index (χ4n) is 2.56. The third kappa shape index (κ3) is 2.96. The maximum absolute atomic E-state index is 5.46. The van der Waals surface area contributed by atoms with Gasteiger partial charge >= 0.3 is 0 Å². The van der Waals surface area contributed by atoms with Crippen LogP contribution in [0.25, 0.3) is 22.8 Å². The van der Waals surface area contributed by atoms with Gasteiger partial charge in [-0.15, -0.1) is 0 Å². The Labute approximate surface area is 145 Å². The standard InChI is InChI=1S/C18H18N2O5/c1-21-11-7-5-8-12(22-2)15(11)17-19-18(25-20-17)16-13(23-3)9-6-10-14(16)24-4/h5-10H,1-4H3. The highest BCUT2D eigenvalue weighted by molar-refractivity contribution is 5.75. The van der Waals surface area contributed by atoms with Gasteiger partial charge in [0.25, 0.3) is 5.89 Å². The predicted octanol–water partition coefficient (Wildman–Crippen LogP) is 3.44. The fourth-order valence-corrected chi connectivity index (χ4v) is 2.56. The van der Waals surface area contributed by atoms with Gasteiger partial charge in [-0.3, -0.25) is 0 Å². The summed E-state index contributed by atoms with van der Waals surface area (Å²) in [7, 11) is 6.28. The number of methoxy groups -OCH3 is 4. The monoisotopic (exact) mass is 342 g/mol. The Morgan fingerprint density at radius 3 is 1.56 bits per heavy atom. The van der Waals surface area contributed by atoms with E-state index in [2.05, 4.69) is 10.1 Å². The van der Waals surface area contributed by atoms with Crippen molar-refractivity contribution in [1.29, 1.82) is 0 Å². The molecule has 0 atom stereocenters. The molecule has 0 amide bonds. The molecule has 0 radical (unpaired) electrons. The molecule has 0 aliphatic rings. The van der Waals surface area contributed by atoms with Crippen molar-refractivity contribution in [2.45, 2.75) is 0 Å². The molecule has 2 aromatic carbocycles. The Hall–Kier alpha value is -3.22. The molecule has 25 heavy (non-hydrogen) atoms. The molecular formula is C18H18N2O5.